The molecule has 0 bridgehead atoms. The van der Waals surface area contributed by atoms with Gasteiger partial charge in [-0.3, -0.25) is 4.79 Å². The van der Waals surface area contributed by atoms with E-state index in [0.717, 1.165) is 0 Å². The minimum Gasteiger partial charge on any atom is -0.378 e. The van der Waals surface area contributed by atoms with E-state index < -0.39 is 0 Å². The van der Waals surface area contributed by atoms with Crippen molar-refractivity contribution in [2.45, 2.75) is 6.61 Å². The lowest BCUT2D eigenvalue weighted by atomic mass is 10.3. The number of nitrogens with one attached hydrogen (secondary N) is 1. The van der Waals surface area contributed by atoms with Crippen molar-refractivity contribution in [1.82, 2.24) is 10.3 Å². The Labute approximate surface area is 100 Å². The van der Waals surface area contributed by atoms with Crippen LogP contribution in [0.5, 0.6) is 0 Å². The van der Waals surface area contributed by atoms with Crippen LogP contribution in [0.1, 0.15) is 15.4 Å². The third kappa shape index (κ3) is 3.30. The van der Waals surface area contributed by atoms with E-state index in [9.17, 15) is 4.79 Å². The number of ether oxygens (including phenoxy) is 1. The average Bonchev–Trinajstić information content (AvgIpc) is 2.57. The second-order valence-corrected chi connectivity index (χ2v) is 4.84. The van der Waals surface area contributed by atoms with Crippen LogP contribution in [0.3, 0.4) is 0 Å². The molecule has 4 nitrogen and oxygen atoms in total. The summed E-state index contributed by atoms with van der Waals surface area (Å²) < 4.78 is 5.59. The van der Waals surface area contributed by atoms with Gasteiger partial charge in [0.25, 0.3) is 5.91 Å². The lowest BCUT2D eigenvalue weighted by Gasteiger charge is -2.00. The van der Waals surface area contributed by atoms with Crippen LogP contribution < -0.4 is 5.32 Å². The van der Waals surface area contributed by atoms with Gasteiger partial charge in [0.2, 0.25) is 0 Å². The highest BCUT2D eigenvalue weighted by Crippen LogP contribution is 2.23. The van der Waals surface area contributed by atoms with E-state index in [0.29, 0.717) is 21.1 Å². The van der Waals surface area contributed by atoms with E-state index in [2.05, 4.69) is 32.2 Å². The van der Waals surface area contributed by atoms with E-state index in [-0.39, 0.29) is 12.5 Å². The molecule has 1 heterocycles. The van der Waals surface area contributed by atoms with Crippen molar-refractivity contribution >= 4 is 33.2 Å². The molecule has 0 aromatic carbocycles. The molecular weight excluding hydrogens is 280 g/mol. The Morgan fingerprint density at radius 2 is 2.53 bits per heavy atom. The number of aromatic nitrogens is 1. The van der Waals surface area contributed by atoms with E-state index >= 15 is 0 Å². The molecule has 1 amide bonds. The van der Waals surface area contributed by atoms with Crippen molar-refractivity contribution in [2.75, 3.05) is 13.7 Å². The molecular formula is C9H9BrN2O2S. The van der Waals surface area contributed by atoms with Crippen LogP contribution in [0.25, 0.3) is 0 Å². The monoisotopic (exact) mass is 288 g/mol. The predicted octanol–water partition coefficient (Wildman–Crippen LogP) is 1.42. The Bertz CT molecular complexity index is 397. The smallest absolute Gasteiger partial charge is 0.264 e. The van der Waals surface area contributed by atoms with Gasteiger partial charge in [-0.25, -0.2) is 4.98 Å². The molecule has 0 saturated carbocycles. The third-order valence-electron chi connectivity index (χ3n) is 1.51. The van der Waals surface area contributed by atoms with Crippen LogP contribution in [0.2, 0.25) is 0 Å². The van der Waals surface area contributed by atoms with Gasteiger partial charge in [0.05, 0.1) is 18.8 Å². The molecule has 1 N–H and O–H groups in total. The van der Waals surface area contributed by atoms with Crippen molar-refractivity contribution in [3.8, 4) is 12.3 Å². The zero-order valence-corrected chi connectivity index (χ0v) is 10.4. The lowest BCUT2D eigenvalue weighted by Crippen LogP contribution is -2.23. The van der Waals surface area contributed by atoms with Crippen molar-refractivity contribution < 1.29 is 9.53 Å². The standard InChI is InChI=1S/C9H9BrN2O2S/c1-3-4-11-8(13)7-6(5-14-2)12-9(10)15-7/h1H,4-5H2,2H3,(H,11,13). The highest BCUT2D eigenvalue weighted by molar-refractivity contribution is 9.11. The fourth-order valence-electron chi connectivity index (χ4n) is 0.946. The number of terminal acetylenes is 1. The summed E-state index contributed by atoms with van der Waals surface area (Å²) in [6, 6.07) is 0. The highest BCUT2D eigenvalue weighted by Gasteiger charge is 2.16. The predicted molar refractivity (Wildman–Crippen MR) is 61.7 cm³/mol. The third-order valence-corrected chi connectivity index (χ3v) is 3.06. The van der Waals surface area contributed by atoms with Crippen molar-refractivity contribution in [2.24, 2.45) is 0 Å². The molecule has 1 aromatic rings. The van der Waals surface area contributed by atoms with Crippen LogP contribution in [0.4, 0.5) is 0 Å². The summed E-state index contributed by atoms with van der Waals surface area (Å²) >= 11 is 4.48. The first-order chi connectivity index (χ1) is 7.19. The molecule has 0 saturated heterocycles. The van der Waals surface area contributed by atoms with Crippen LogP contribution >= 0.6 is 27.3 Å². The summed E-state index contributed by atoms with van der Waals surface area (Å²) in [6.07, 6.45) is 5.05. The van der Waals surface area contributed by atoms with Crippen LogP contribution in [-0.2, 0) is 11.3 Å². The number of carbonyl (C=O) groups excluding carboxylic acids is 1. The van der Waals surface area contributed by atoms with Crippen molar-refractivity contribution in [1.29, 1.82) is 0 Å². The molecule has 0 aliphatic carbocycles. The zero-order valence-electron chi connectivity index (χ0n) is 8.04. The van der Waals surface area contributed by atoms with Crippen molar-refractivity contribution in [3.05, 3.63) is 14.5 Å². The average molecular weight is 289 g/mol. The van der Waals surface area contributed by atoms with Gasteiger partial charge < -0.3 is 10.1 Å². The Morgan fingerprint density at radius 3 is 3.13 bits per heavy atom. The van der Waals surface area contributed by atoms with Crippen LogP contribution in [0.15, 0.2) is 3.92 Å². The Kier molecular flexibility index (Phi) is 4.75. The molecule has 0 unspecified atom stereocenters. The molecule has 1 rings (SSSR count). The van der Waals surface area contributed by atoms with Gasteiger partial charge in [0.1, 0.15) is 4.88 Å². The number of methoxy groups -OCH3 is 1. The maximum Gasteiger partial charge on any atom is 0.264 e. The number of hydrogen-bond donors (Lipinski definition) is 1. The summed E-state index contributed by atoms with van der Waals surface area (Å²) in [4.78, 5) is 16.3. The highest BCUT2D eigenvalue weighted by atomic mass is 79.9. The molecule has 0 fully saturated rings. The van der Waals surface area contributed by atoms with Gasteiger partial charge in [0, 0.05) is 7.11 Å². The van der Waals surface area contributed by atoms with Gasteiger partial charge in [0.15, 0.2) is 3.92 Å². The molecule has 1 aromatic heterocycles. The first-order valence-corrected chi connectivity index (χ1v) is 5.65. The quantitative estimate of drug-likeness (QED) is 0.853. The van der Waals surface area contributed by atoms with Gasteiger partial charge in [-0.2, -0.15) is 0 Å². The molecule has 0 atom stereocenters. The van der Waals surface area contributed by atoms with Gasteiger partial charge in [-0.1, -0.05) is 5.92 Å². The number of nitrogens with zero attached hydrogens (tertiary/aromatic N) is 1. The van der Waals surface area contributed by atoms with Gasteiger partial charge in [-0.15, -0.1) is 17.8 Å². The topological polar surface area (TPSA) is 51.2 Å². The minimum absolute atomic E-state index is 0.209. The second-order valence-electron chi connectivity index (χ2n) is 2.56. The first kappa shape index (κ1) is 12.2. The minimum atomic E-state index is -0.219. The number of hydrogen-bond acceptors (Lipinski definition) is 4. The number of amides is 1. The summed E-state index contributed by atoms with van der Waals surface area (Å²) in [6.45, 7) is 0.516. The van der Waals surface area contributed by atoms with E-state index in [4.69, 9.17) is 11.2 Å². The maximum absolute atomic E-state index is 11.6. The summed E-state index contributed by atoms with van der Waals surface area (Å²) in [5.74, 6) is 2.12. The number of thiazole rings is 1. The molecule has 80 valence electrons. The Hall–Kier alpha value is -0.900. The maximum atomic E-state index is 11.6. The van der Waals surface area contributed by atoms with Crippen molar-refractivity contribution in [3.63, 3.8) is 0 Å². The first-order valence-electron chi connectivity index (χ1n) is 4.04. The lowest BCUT2D eigenvalue weighted by molar-refractivity contribution is 0.0957. The largest absolute Gasteiger partial charge is 0.378 e. The fraction of sp³-hybridized carbons (Fsp3) is 0.333. The van der Waals surface area contributed by atoms with E-state index in [1.807, 2.05) is 0 Å². The molecule has 0 aliphatic heterocycles. The Morgan fingerprint density at radius 1 is 1.80 bits per heavy atom. The van der Waals surface area contributed by atoms with Crippen LogP contribution in [-0.4, -0.2) is 24.5 Å². The molecule has 0 radical (unpaired) electrons. The zero-order chi connectivity index (χ0) is 11.3. The number of rotatable bonds is 4. The number of carbonyl (C=O) groups is 1. The van der Waals surface area contributed by atoms with E-state index in [1.165, 1.54) is 11.3 Å². The van der Waals surface area contributed by atoms with Gasteiger partial charge in [-0.05, 0) is 15.9 Å². The van der Waals surface area contributed by atoms with E-state index in [1.54, 1.807) is 7.11 Å². The molecule has 15 heavy (non-hydrogen) atoms. The summed E-state index contributed by atoms with van der Waals surface area (Å²) in [5.41, 5.74) is 0.615. The van der Waals surface area contributed by atoms with Crippen LogP contribution in [0, 0.1) is 12.3 Å². The summed E-state index contributed by atoms with van der Waals surface area (Å²) in [7, 11) is 1.55. The Balaban J connectivity index is 2.82. The normalized spacial score (nSPS) is 9.67. The SMILES string of the molecule is C#CCNC(=O)c1sc(Br)nc1COC. The second kappa shape index (κ2) is 5.85. The fourth-order valence-corrected chi connectivity index (χ4v) is 2.36. The summed E-state index contributed by atoms with van der Waals surface area (Å²) in [5, 5.41) is 2.58. The number of halogens is 1. The molecule has 0 aliphatic rings. The van der Waals surface area contributed by atoms with Gasteiger partial charge >= 0.3 is 0 Å². The molecule has 0 spiro atoms. The molecule has 6 heteroatoms.